The van der Waals surface area contributed by atoms with Crippen molar-refractivity contribution in [1.82, 2.24) is 14.5 Å². The Balaban J connectivity index is 2.30. The summed E-state index contributed by atoms with van der Waals surface area (Å²) in [6, 6.07) is 5.86. The molecule has 0 spiro atoms. The zero-order chi connectivity index (χ0) is 13.3. The molecule has 2 rings (SSSR count). The second-order valence-corrected chi connectivity index (χ2v) is 4.35. The summed E-state index contributed by atoms with van der Waals surface area (Å²) >= 11 is 0. The monoisotopic (exact) mass is 245 g/mol. The maximum Gasteiger partial charge on any atom is 0.286 e. The molecule has 0 radical (unpaired) electrons. The Morgan fingerprint density at radius 3 is 2.89 bits per heavy atom. The highest BCUT2D eigenvalue weighted by Crippen LogP contribution is 2.17. The number of likely N-dealkylation sites (N-methyl/N-ethyl adjacent to an activating group) is 1. The second-order valence-electron chi connectivity index (χ2n) is 4.35. The van der Waals surface area contributed by atoms with Crippen molar-refractivity contribution in [2.75, 3.05) is 7.05 Å². The minimum absolute atomic E-state index is 0.323. The van der Waals surface area contributed by atoms with Crippen LogP contribution in [0.4, 0.5) is 0 Å². The number of hydrogen-bond donors (Lipinski definition) is 0. The molecule has 0 N–H and O–H groups in total. The number of hydrogen-bond acceptors (Lipinski definition) is 3. The number of rotatable bonds is 3. The third-order valence-corrected chi connectivity index (χ3v) is 3.07. The predicted molar refractivity (Wildman–Crippen MR) is 68.0 cm³/mol. The highest BCUT2D eigenvalue weighted by Gasteiger charge is 2.09. The first kappa shape index (κ1) is 12.3. The molecule has 1 aromatic heterocycles. The van der Waals surface area contributed by atoms with Crippen molar-refractivity contribution >= 4 is 23.2 Å². The van der Waals surface area contributed by atoms with Gasteiger partial charge in [0, 0.05) is 20.6 Å². The van der Waals surface area contributed by atoms with Crippen molar-refractivity contribution in [3.63, 3.8) is 0 Å². The van der Waals surface area contributed by atoms with Gasteiger partial charge in [-0.15, -0.1) is 0 Å². The van der Waals surface area contributed by atoms with Crippen LogP contribution < -0.4 is 0 Å². The molecule has 0 aliphatic carbocycles. The van der Waals surface area contributed by atoms with Gasteiger partial charge in [0.05, 0.1) is 11.0 Å². The maximum absolute atomic E-state index is 11.2. The van der Waals surface area contributed by atoms with Crippen molar-refractivity contribution < 1.29 is 9.59 Å². The standard InChI is InChI=1S/C13H15N3O2/c1-9-14-11-6-10(4-5-12(11)16(9)3)7-15(2)13(18)8-17/h4-6,8H,7H2,1-3H3. The van der Waals surface area contributed by atoms with Gasteiger partial charge in [-0.2, -0.15) is 0 Å². The normalized spacial score (nSPS) is 10.6. The Morgan fingerprint density at radius 1 is 1.50 bits per heavy atom. The number of aryl methyl sites for hydroxylation is 2. The van der Waals surface area contributed by atoms with Gasteiger partial charge in [0.2, 0.25) is 6.29 Å². The first-order valence-electron chi connectivity index (χ1n) is 5.65. The lowest BCUT2D eigenvalue weighted by Crippen LogP contribution is -2.26. The number of benzene rings is 1. The van der Waals surface area contributed by atoms with Crippen molar-refractivity contribution in [1.29, 1.82) is 0 Å². The molecule has 0 atom stereocenters. The van der Waals surface area contributed by atoms with Crippen LogP contribution in [-0.2, 0) is 23.2 Å². The van der Waals surface area contributed by atoms with Crippen LogP contribution >= 0.6 is 0 Å². The fraction of sp³-hybridized carbons (Fsp3) is 0.308. The molecule has 0 unspecified atom stereocenters. The van der Waals surface area contributed by atoms with E-state index in [0.29, 0.717) is 12.8 Å². The van der Waals surface area contributed by atoms with E-state index in [1.165, 1.54) is 4.90 Å². The van der Waals surface area contributed by atoms with Gasteiger partial charge in [-0.1, -0.05) is 6.07 Å². The topological polar surface area (TPSA) is 55.2 Å². The van der Waals surface area contributed by atoms with E-state index in [-0.39, 0.29) is 0 Å². The first-order valence-corrected chi connectivity index (χ1v) is 5.65. The Bertz CT molecular complexity index is 616. The number of aldehydes is 1. The highest BCUT2D eigenvalue weighted by molar-refractivity contribution is 6.23. The van der Waals surface area contributed by atoms with Crippen LogP contribution in [0.15, 0.2) is 18.2 Å². The zero-order valence-corrected chi connectivity index (χ0v) is 10.7. The van der Waals surface area contributed by atoms with Crippen molar-refractivity contribution in [3.05, 3.63) is 29.6 Å². The molecular weight excluding hydrogens is 230 g/mol. The number of fused-ring (bicyclic) bond motifs is 1. The summed E-state index contributed by atoms with van der Waals surface area (Å²) in [5, 5.41) is 0. The summed E-state index contributed by atoms with van der Waals surface area (Å²) in [5.41, 5.74) is 2.92. The van der Waals surface area contributed by atoms with Crippen LogP contribution in [0, 0.1) is 6.92 Å². The SMILES string of the molecule is Cc1nc2cc(CN(C)C(=O)C=O)ccc2n1C. The molecule has 0 saturated carbocycles. The minimum atomic E-state index is -0.521. The first-order chi connectivity index (χ1) is 8.52. The van der Waals surface area contributed by atoms with E-state index in [9.17, 15) is 9.59 Å². The Hall–Kier alpha value is -2.17. The summed E-state index contributed by atoms with van der Waals surface area (Å²) in [6.45, 7) is 2.35. The third kappa shape index (κ3) is 2.11. The minimum Gasteiger partial charge on any atom is -0.335 e. The lowest BCUT2D eigenvalue weighted by atomic mass is 10.2. The average molecular weight is 245 g/mol. The van der Waals surface area contributed by atoms with E-state index in [0.717, 1.165) is 22.4 Å². The quantitative estimate of drug-likeness (QED) is 0.599. The molecule has 0 bridgehead atoms. The van der Waals surface area contributed by atoms with Gasteiger partial charge in [-0.05, 0) is 24.6 Å². The number of aromatic nitrogens is 2. The fourth-order valence-electron chi connectivity index (χ4n) is 1.91. The molecule has 0 aliphatic heterocycles. The zero-order valence-electron chi connectivity index (χ0n) is 10.7. The molecular formula is C13H15N3O2. The molecule has 94 valence electrons. The Labute approximate surface area is 105 Å². The summed E-state index contributed by atoms with van der Waals surface area (Å²) in [7, 11) is 3.57. The molecule has 1 amide bonds. The number of nitrogens with zero attached hydrogens (tertiary/aromatic N) is 3. The molecule has 1 aromatic carbocycles. The summed E-state index contributed by atoms with van der Waals surface area (Å²) in [6.07, 6.45) is 0.323. The van der Waals surface area contributed by atoms with Crippen LogP contribution in [0.25, 0.3) is 11.0 Å². The largest absolute Gasteiger partial charge is 0.335 e. The van der Waals surface area contributed by atoms with Crippen molar-refractivity contribution in [2.45, 2.75) is 13.5 Å². The fourth-order valence-corrected chi connectivity index (χ4v) is 1.91. The number of amides is 1. The molecule has 5 heteroatoms. The van der Waals surface area contributed by atoms with Gasteiger partial charge in [0.1, 0.15) is 5.82 Å². The van der Waals surface area contributed by atoms with Crippen molar-refractivity contribution in [3.8, 4) is 0 Å². The number of imidazole rings is 1. The highest BCUT2D eigenvalue weighted by atomic mass is 16.2. The molecule has 0 aliphatic rings. The van der Waals surface area contributed by atoms with E-state index in [1.807, 2.05) is 36.7 Å². The van der Waals surface area contributed by atoms with Crippen LogP contribution in [-0.4, -0.2) is 33.7 Å². The van der Waals surface area contributed by atoms with Crippen LogP contribution in [0.5, 0.6) is 0 Å². The maximum atomic E-state index is 11.2. The second kappa shape index (κ2) is 4.60. The van der Waals surface area contributed by atoms with Gasteiger partial charge in [-0.3, -0.25) is 9.59 Å². The van der Waals surface area contributed by atoms with Crippen LogP contribution in [0.2, 0.25) is 0 Å². The van der Waals surface area contributed by atoms with Crippen LogP contribution in [0.1, 0.15) is 11.4 Å². The molecule has 0 saturated heterocycles. The summed E-state index contributed by atoms with van der Waals surface area (Å²) in [4.78, 5) is 27.4. The van der Waals surface area contributed by atoms with Gasteiger partial charge in [0.15, 0.2) is 0 Å². The Kier molecular flexibility index (Phi) is 3.14. The molecule has 5 nitrogen and oxygen atoms in total. The van der Waals surface area contributed by atoms with Crippen molar-refractivity contribution in [2.24, 2.45) is 7.05 Å². The number of carbonyl (C=O) groups is 2. The molecule has 2 aromatic rings. The summed E-state index contributed by atoms with van der Waals surface area (Å²) in [5.74, 6) is 0.423. The lowest BCUT2D eigenvalue weighted by Gasteiger charge is -2.13. The van der Waals surface area contributed by atoms with E-state index in [4.69, 9.17) is 0 Å². The third-order valence-electron chi connectivity index (χ3n) is 3.07. The van der Waals surface area contributed by atoms with E-state index in [1.54, 1.807) is 7.05 Å². The molecule has 18 heavy (non-hydrogen) atoms. The van der Waals surface area contributed by atoms with E-state index in [2.05, 4.69) is 4.98 Å². The van der Waals surface area contributed by atoms with Gasteiger partial charge in [-0.25, -0.2) is 4.98 Å². The van der Waals surface area contributed by atoms with Gasteiger partial charge >= 0.3 is 0 Å². The van der Waals surface area contributed by atoms with Gasteiger partial charge < -0.3 is 9.47 Å². The number of carbonyl (C=O) groups excluding carboxylic acids is 2. The Morgan fingerprint density at radius 2 is 2.22 bits per heavy atom. The lowest BCUT2D eigenvalue weighted by molar-refractivity contribution is -0.138. The molecule has 1 heterocycles. The predicted octanol–water partition coefficient (Wildman–Crippen LogP) is 1.04. The smallest absolute Gasteiger partial charge is 0.286 e. The van der Waals surface area contributed by atoms with Gasteiger partial charge in [0.25, 0.3) is 5.91 Å². The van der Waals surface area contributed by atoms with E-state index >= 15 is 0 Å². The molecule has 0 fully saturated rings. The summed E-state index contributed by atoms with van der Waals surface area (Å²) < 4.78 is 2.01. The van der Waals surface area contributed by atoms with Crippen LogP contribution in [0.3, 0.4) is 0 Å². The average Bonchev–Trinajstić information content (AvgIpc) is 2.63. The van der Waals surface area contributed by atoms with E-state index < -0.39 is 5.91 Å².